The number of carboxylic acids is 1. The van der Waals surface area contributed by atoms with E-state index in [0.29, 0.717) is 5.56 Å². The molecule has 12 nitrogen and oxygen atoms in total. The first-order valence-electron chi connectivity index (χ1n) is 10.8. The highest BCUT2D eigenvalue weighted by molar-refractivity contribution is 5.94. The van der Waals surface area contributed by atoms with E-state index >= 15 is 0 Å². The first kappa shape index (κ1) is 28.8. The molecule has 0 fully saturated rings. The number of amides is 3. The number of hydrogen-bond donors (Lipinski definition) is 8. The van der Waals surface area contributed by atoms with E-state index in [9.17, 15) is 39.6 Å². The van der Waals surface area contributed by atoms with Crippen LogP contribution >= 0.6 is 0 Å². The average molecular weight is 483 g/mol. The number of rotatable bonds is 13. The number of benzene rings is 1. The van der Waals surface area contributed by atoms with Crippen LogP contribution in [0.1, 0.15) is 32.8 Å². The average Bonchev–Trinajstić information content (AvgIpc) is 2.75. The number of aromatic hydroxyl groups is 1. The molecule has 9 N–H and O–H groups in total. The second-order valence-corrected chi connectivity index (χ2v) is 8.48. The molecule has 0 spiro atoms. The van der Waals surface area contributed by atoms with Crippen molar-refractivity contribution in [2.45, 2.75) is 63.9 Å². The van der Waals surface area contributed by atoms with Crippen molar-refractivity contribution in [3.8, 4) is 5.75 Å². The van der Waals surface area contributed by atoms with Crippen LogP contribution in [0.15, 0.2) is 24.3 Å². The first-order valence-corrected chi connectivity index (χ1v) is 10.8. The summed E-state index contributed by atoms with van der Waals surface area (Å²) < 4.78 is 0. The molecule has 34 heavy (non-hydrogen) atoms. The van der Waals surface area contributed by atoms with Gasteiger partial charge < -0.3 is 42.1 Å². The Labute approximate surface area is 197 Å². The van der Waals surface area contributed by atoms with Crippen LogP contribution in [0.2, 0.25) is 0 Å². The summed E-state index contributed by atoms with van der Waals surface area (Å²) >= 11 is 0. The molecule has 0 aliphatic heterocycles. The molecule has 3 amide bonds. The van der Waals surface area contributed by atoms with E-state index in [0.717, 1.165) is 0 Å². The molecule has 0 bridgehead atoms. The van der Waals surface area contributed by atoms with Gasteiger partial charge in [0.05, 0.1) is 18.8 Å². The number of hydrogen-bond acceptors (Lipinski definition) is 8. The summed E-state index contributed by atoms with van der Waals surface area (Å²) in [5.74, 6) is -3.89. The van der Waals surface area contributed by atoms with Crippen LogP contribution in [0.3, 0.4) is 0 Å². The molecule has 0 aliphatic rings. The number of phenols is 1. The predicted molar refractivity (Wildman–Crippen MR) is 121 cm³/mol. The van der Waals surface area contributed by atoms with Crippen molar-refractivity contribution in [3.63, 3.8) is 0 Å². The monoisotopic (exact) mass is 482 g/mol. The molecule has 190 valence electrons. The Morgan fingerprint density at radius 3 is 1.94 bits per heavy atom. The van der Waals surface area contributed by atoms with Gasteiger partial charge in [-0.25, -0.2) is 4.79 Å². The Hall–Kier alpha value is -3.22. The summed E-state index contributed by atoms with van der Waals surface area (Å²) in [4.78, 5) is 48.9. The van der Waals surface area contributed by atoms with Crippen molar-refractivity contribution in [2.24, 2.45) is 11.7 Å². The van der Waals surface area contributed by atoms with Gasteiger partial charge in [-0.3, -0.25) is 14.4 Å². The summed E-state index contributed by atoms with van der Waals surface area (Å²) in [5.41, 5.74) is 6.54. The fraction of sp³-hybridized carbons (Fsp3) is 0.545. The number of phenolic OH excluding ortho intramolecular Hbond substituents is 1. The third kappa shape index (κ3) is 9.33. The molecule has 0 saturated heterocycles. The lowest BCUT2D eigenvalue weighted by Crippen LogP contribution is -2.60. The number of aliphatic hydroxyl groups excluding tert-OH is 2. The third-order valence-electron chi connectivity index (χ3n) is 4.93. The van der Waals surface area contributed by atoms with Crippen LogP contribution in [0.25, 0.3) is 0 Å². The van der Waals surface area contributed by atoms with E-state index in [2.05, 4.69) is 16.0 Å². The summed E-state index contributed by atoms with van der Waals surface area (Å²) in [5, 5.41) is 44.9. The van der Waals surface area contributed by atoms with E-state index in [1.165, 1.54) is 19.1 Å². The lowest BCUT2D eigenvalue weighted by atomic mass is 10.0. The first-order chi connectivity index (χ1) is 15.8. The quantitative estimate of drug-likeness (QED) is 0.159. The number of nitrogens with one attached hydrogen (secondary N) is 3. The fourth-order valence-electron chi connectivity index (χ4n) is 3.06. The van der Waals surface area contributed by atoms with Crippen molar-refractivity contribution in [1.82, 2.24) is 16.0 Å². The maximum atomic E-state index is 12.6. The minimum atomic E-state index is -1.51. The zero-order chi connectivity index (χ0) is 26.0. The van der Waals surface area contributed by atoms with E-state index in [1.54, 1.807) is 26.0 Å². The number of carbonyl (C=O) groups excluding carboxylic acids is 3. The van der Waals surface area contributed by atoms with Crippen LogP contribution in [0.4, 0.5) is 0 Å². The van der Waals surface area contributed by atoms with Gasteiger partial charge in [0, 0.05) is 0 Å². The maximum Gasteiger partial charge on any atom is 0.326 e. The molecule has 1 rings (SSSR count). The topological polar surface area (TPSA) is 211 Å². The second kappa shape index (κ2) is 13.5. The van der Waals surface area contributed by atoms with Gasteiger partial charge in [0.2, 0.25) is 17.7 Å². The highest BCUT2D eigenvalue weighted by Gasteiger charge is 2.32. The Morgan fingerprint density at radius 1 is 0.912 bits per heavy atom. The van der Waals surface area contributed by atoms with Crippen LogP contribution < -0.4 is 21.7 Å². The summed E-state index contributed by atoms with van der Waals surface area (Å²) in [6.07, 6.45) is -1.15. The van der Waals surface area contributed by atoms with Crippen molar-refractivity contribution in [3.05, 3.63) is 29.8 Å². The van der Waals surface area contributed by atoms with E-state index in [-0.39, 0.29) is 24.5 Å². The fourth-order valence-corrected chi connectivity index (χ4v) is 3.06. The minimum Gasteiger partial charge on any atom is -0.508 e. The van der Waals surface area contributed by atoms with Gasteiger partial charge >= 0.3 is 5.97 Å². The molecule has 12 heteroatoms. The largest absolute Gasteiger partial charge is 0.508 e. The van der Waals surface area contributed by atoms with Gasteiger partial charge in [0.25, 0.3) is 0 Å². The Morgan fingerprint density at radius 2 is 1.47 bits per heavy atom. The second-order valence-electron chi connectivity index (χ2n) is 8.48. The normalized spacial score (nSPS) is 15.5. The summed E-state index contributed by atoms with van der Waals surface area (Å²) in [7, 11) is 0. The van der Waals surface area contributed by atoms with Crippen LogP contribution in [-0.4, -0.2) is 81.0 Å². The zero-order valence-corrected chi connectivity index (χ0v) is 19.4. The molecule has 1 aromatic rings. The number of carboxylic acid groups (broad SMARTS) is 1. The van der Waals surface area contributed by atoms with Crippen molar-refractivity contribution in [1.29, 1.82) is 0 Å². The highest BCUT2D eigenvalue weighted by atomic mass is 16.4. The molecule has 5 unspecified atom stereocenters. The smallest absolute Gasteiger partial charge is 0.326 e. The van der Waals surface area contributed by atoms with Gasteiger partial charge in [-0.1, -0.05) is 26.0 Å². The molecule has 0 aromatic heterocycles. The lowest BCUT2D eigenvalue weighted by molar-refractivity contribution is -0.143. The van der Waals surface area contributed by atoms with Crippen LogP contribution in [0.5, 0.6) is 5.75 Å². The van der Waals surface area contributed by atoms with E-state index < -0.39 is 60.6 Å². The predicted octanol–water partition coefficient (Wildman–Crippen LogP) is -1.78. The Kier molecular flexibility index (Phi) is 11.4. The SMILES string of the molecule is CC(C)CC(NC(=O)C(CO)NC(=O)C(NC(=O)C(N)Cc1ccc(O)cc1)C(C)O)C(=O)O. The molecule has 0 radical (unpaired) electrons. The van der Waals surface area contributed by atoms with Crippen molar-refractivity contribution in [2.75, 3.05) is 6.61 Å². The van der Waals surface area contributed by atoms with Gasteiger partial charge in [0.15, 0.2) is 0 Å². The number of aliphatic hydroxyl groups is 2. The number of nitrogens with two attached hydrogens (primary N) is 1. The van der Waals surface area contributed by atoms with E-state index in [4.69, 9.17) is 5.73 Å². The Bertz CT molecular complexity index is 844. The third-order valence-corrected chi connectivity index (χ3v) is 4.93. The standard InChI is InChI=1S/C22H34N4O8/c1-11(2)8-16(22(33)34)24-20(31)17(10-27)25-21(32)18(12(3)28)26-19(30)15(23)9-13-4-6-14(29)7-5-13/h4-7,11-12,15-18,27-29H,8-10,23H2,1-3H3,(H,24,31)(H,25,32)(H,26,30)(H,33,34). The van der Waals surface area contributed by atoms with Crippen LogP contribution in [-0.2, 0) is 25.6 Å². The molecule has 5 atom stereocenters. The molecule has 0 aliphatic carbocycles. The van der Waals surface area contributed by atoms with E-state index in [1.807, 2.05) is 0 Å². The zero-order valence-electron chi connectivity index (χ0n) is 19.4. The van der Waals surface area contributed by atoms with Crippen molar-refractivity contribution >= 4 is 23.7 Å². The Balaban J connectivity index is 2.80. The molecular weight excluding hydrogens is 448 g/mol. The van der Waals surface area contributed by atoms with Gasteiger partial charge in [-0.15, -0.1) is 0 Å². The molecular formula is C22H34N4O8. The molecule has 0 heterocycles. The van der Waals surface area contributed by atoms with Crippen LogP contribution in [0, 0.1) is 5.92 Å². The summed E-state index contributed by atoms with van der Waals surface area (Å²) in [6.45, 7) is 3.95. The lowest BCUT2D eigenvalue weighted by Gasteiger charge is -2.26. The highest BCUT2D eigenvalue weighted by Crippen LogP contribution is 2.11. The van der Waals surface area contributed by atoms with Gasteiger partial charge in [0.1, 0.15) is 23.9 Å². The molecule has 0 saturated carbocycles. The number of carbonyl (C=O) groups is 4. The molecule has 1 aromatic carbocycles. The number of aliphatic carboxylic acids is 1. The van der Waals surface area contributed by atoms with Crippen molar-refractivity contribution < 1.29 is 39.6 Å². The maximum absolute atomic E-state index is 12.6. The minimum absolute atomic E-state index is 0.0378. The summed E-state index contributed by atoms with van der Waals surface area (Å²) in [6, 6.07) is 0.720. The van der Waals surface area contributed by atoms with Gasteiger partial charge in [-0.05, 0) is 43.4 Å². The van der Waals surface area contributed by atoms with Gasteiger partial charge in [-0.2, -0.15) is 0 Å².